The van der Waals surface area contributed by atoms with Crippen LogP contribution >= 0.6 is 0 Å². The number of carbonyl (C=O) groups is 1. The van der Waals surface area contributed by atoms with Crippen molar-refractivity contribution < 1.29 is 9.53 Å². The largest absolute Gasteiger partial charge is 0.491 e. The molecule has 2 aromatic rings. The number of carbonyl (C=O) groups excluding carboxylic acids is 1. The molecule has 2 aromatic carbocycles. The van der Waals surface area contributed by atoms with Crippen LogP contribution < -0.4 is 10.1 Å². The summed E-state index contributed by atoms with van der Waals surface area (Å²) in [7, 11) is 0. The summed E-state index contributed by atoms with van der Waals surface area (Å²) in [4.78, 5) is 12.5. The molecule has 3 nitrogen and oxygen atoms in total. The number of ether oxygens (including phenoxy) is 1. The number of hydrogen-bond acceptors (Lipinski definition) is 2. The summed E-state index contributed by atoms with van der Waals surface area (Å²) in [5, 5.41) is 3.06. The first-order chi connectivity index (χ1) is 11.8. The highest BCUT2D eigenvalue weighted by atomic mass is 16.5. The minimum atomic E-state index is -0.0554. The Morgan fingerprint density at radius 3 is 2.36 bits per heavy atom. The maximum atomic E-state index is 12.5. The second-order valence-corrected chi connectivity index (χ2v) is 7.53. The van der Waals surface area contributed by atoms with Gasteiger partial charge in [0.2, 0.25) is 0 Å². The molecule has 1 atom stereocenters. The lowest BCUT2D eigenvalue weighted by Crippen LogP contribution is -2.38. The maximum Gasteiger partial charge on any atom is 0.251 e. The molecule has 0 aliphatic carbocycles. The summed E-state index contributed by atoms with van der Waals surface area (Å²) in [6.45, 7) is 11.0. The molecule has 0 bridgehead atoms. The predicted molar refractivity (Wildman–Crippen MR) is 103 cm³/mol. The standard InChI is InChI=1S/C22H29NO2/c1-6-19(15-25-20-9-7-8-16(2)14-20)23-21(24)17-10-12-18(13-11-17)22(3,4)5/h7-14,19H,6,15H2,1-5H3,(H,23,24). The van der Waals surface area contributed by atoms with Crippen molar-refractivity contribution in [1.82, 2.24) is 5.32 Å². The summed E-state index contributed by atoms with van der Waals surface area (Å²) in [6.07, 6.45) is 0.817. The molecule has 0 aliphatic rings. The van der Waals surface area contributed by atoms with Gasteiger partial charge in [-0.3, -0.25) is 4.79 Å². The Kier molecular flexibility index (Phi) is 6.24. The molecule has 0 saturated carbocycles. The van der Waals surface area contributed by atoms with Gasteiger partial charge in [0, 0.05) is 5.56 Å². The van der Waals surface area contributed by atoms with Gasteiger partial charge in [0.25, 0.3) is 5.91 Å². The van der Waals surface area contributed by atoms with E-state index in [2.05, 4.69) is 26.1 Å². The molecular weight excluding hydrogens is 310 g/mol. The van der Waals surface area contributed by atoms with Crippen LogP contribution in [-0.2, 0) is 5.41 Å². The van der Waals surface area contributed by atoms with Crippen molar-refractivity contribution in [3.8, 4) is 5.75 Å². The second-order valence-electron chi connectivity index (χ2n) is 7.53. The van der Waals surface area contributed by atoms with Crippen LogP contribution in [0.2, 0.25) is 0 Å². The van der Waals surface area contributed by atoms with Gasteiger partial charge in [0.05, 0.1) is 6.04 Å². The molecule has 0 aromatic heterocycles. The average Bonchev–Trinajstić information content (AvgIpc) is 2.58. The highest BCUT2D eigenvalue weighted by molar-refractivity contribution is 5.94. The quantitative estimate of drug-likeness (QED) is 0.814. The van der Waals surface area contributed by atoms with Gasteiger partial charge < -0.3 is 10.1 Å². The Morgan fingerprint density at radius 2 is 1.80 bits per heavy atom. The SMILES string of the molecule is CCC(COc1cccc(C)c1)NC(=O)c1ccc(C(C)(C)C)cc1. The van der Waals surface area contributed by atoms with E-state index >= 15 is 0 Å². The van der Waals surface area contributed by atoms with E-state index in [4.69, 9.17) is 4.74 Å². The van der Waals surface area contributed by atoms with Crippen LogP contribution in [0.15, 0.2) is 48.5 Å². The summed E-state index contributed by atoms with van der Waals surface area (Å²) in [6, 6.07) is 15.8. The van der Waals surface area contributed by atoms with Crippen LogP contribution in [0, 0.1) is 6.92 Å². The number of amides is 1. The Labute approximate surface area is 151 Å². The van der Waals surface area contributed by atoms with E-state index in [1.165, 1.54) is 5.56 Å². The van der Waals surface area contributed by atoms with Gasteiger partial charge in [0.1, 0.15) is 12.4 Å². The lowest BCUT2D eigenvalue weighted by atomic mass is 9.86. The third kappa shape index (κ3) is 5.63. The Hall–Kier alpha value is -2.29. The van der Waals surface area contributed by atoms with E-state index in [1.54, 1.807) is 0 Å². The van der Waals surface area contributed by atoms with E-state index in [0.29, 0.717) is 12.2 Å². The first kappa shape index (κ1) is 19.0. The van der Waals surface area contributed by atoms with Gasteiger partial charge in [-0.05, 0) is 54.2 Å². The summed E-state index contributed by atoms with van der Waals surface area (Å²) in [5.41, 5.74) is 3.15. The highest BCUT2D eigenvalue weighted by Gasteiger charge is 2.16. The third-order valence-corrected chi connectivity index (χ3v) is 4.28. The molecule has 0 aliphatic heterocycles. The smallest absolute Gasteiger partial charge is 0.251 e. The van der Waals surface area contributed by atoms with Crippen molar-refractivity contribution in [3.05, 3.63) is 65.2 Å². The Morgan fingerprint density at radius 1 is 1.12 bits per heavy atom. The van der Waals surface area contributed by atoms with E-state index in [1.807, 2.05) is 62.4 Å². The van der Waals surface area contributed by atoms with Gasteiger partial charge in [0.15, 0.2) is 0 Å². The molecule has 0 saturated heterocycles. The molecule has 0 radical (unpaired) electrons. The van der Waals surface area contributed by atoms with E-state index in [0.717, 1.165) is 17.7 Å². The number of nitrogens with one attached hydrogen (secondary N) is 1. The van der Waals surface area contributed by atoms with E-state index in [9.17, 15) is 4.79 Å². The summed E-state index contributed by atoms with van der Waals surface area (Å²) < 4.78 is 5.83. The van der Waals surface area contributed by atoms with Crippen molar-refractivity contribution in [2.24, 2.45) is 0 Å². The zero-order valence-corrected chi connectivity index (χ0v) is 15.9. The monoisotopic (exact) mass is 339 g/mol. The second kappa shape index (κ2) is 8.19. The molecule has 0 heterocycles. The van der Waals surface area contributed by atoms with Crippen molar-refractivity contribution in [1.29, 1.82) is 0 Å². The molecule has 25 heavy (non-hydrogen) atoms. The van der Waals surface area contributed by atoms with Crippen LogP contribution in [0.25, 0.3) is 0 Å². The summed E-state index contributed by atoms with van der Waals surface area (Å²) >= 11 is 0. The molecule has 0 fully saturated rings. The van der Waals surface area contributed by atoms with E-state index in [-0.39, 0.29) is 17.4 Å². The van der Waals surface area contributed by atoms with E-state index < -0.39 is 0 Å². The number of hydrogen-bond donors (Lipinski definition) is 1. The topological polar surface area (TPSA) is 38.3 Å². The molecular formula is C22H29NO2. The van der Waals surface area contributed by atoms with Crippen LogP contribution in [-0.4, -0.2) is 18.6 Å². The van der Waals surface area contributed by atoms with Crippen LogP contribution in [0.4, 0.5) is 0 Å². The first-order valence-electron chi connectivity index (χ1n) is 8.90. The van der Waals surface area contributed by atoms with Gasteiger partial charge in [-0.25, -0.2) is 0 Å². The average molecular weight is 339 g/mol. The summed E-state index contributed by atoms with van der Waals surface area (Å²) in [5.74, 6) is 0.780. The fourth-order valence-electron chi connectivity index (χ4n) is 2.55. The van der Waals surface area contributed by atoms with Crippen LogP contribution in [0.1, 0.15) is 55.6 Å². The zero-order chi connectivity index (χ0) is 18.4. The molecule has 2 rings (SSSR count). The normalized spacial score (nSPS) is 12.5. The highest BCUT2D eigenvalue weighted by Crippen LogP contribution is 2.22. The molecule has 1 amide bonds. The van der Waals surface area contributed by atoms with Gasteiger partial charge in [-0.2, -0.15) is 0 Å². The van der Waals surface area contributed by atoms with Crippen molar-refractivity contribution in [2.45, 2.75) is 52.5 Å². The third-order valence-electron chi connectivity index (χ3n) is 4.28. The maximum absolute atomic E-state index is 12.5. The molecule has 1 unspecified atom stereocenters. The molecule has 134 valence electrons. The minimum absolute atomic E-state index is 0.0182. The first-order valence-corrected chi connectivity index (χ1v) is 8.90. The zero-order valence-electron chi connectivity index (χ0n) is 15.9. The molecule has 0 spiro atoms. The van der Waals surface area contributed by atoms with Crippen molar-refractivity contribution in [2.75, 3.05) is 6.61 Å². The number of aryl methyl sites for hydroxylation is 1. The fourth-order valence-corrected chi connectivity index (χ4v) is 2.55. The lowest BCUT2D eigenvalue weighted by Gasteiger charge is -2.20. The Bertz CT molecular complexity index is 699. The van der Waals surface area contributed by atoms with Gasteiger partial charge >= 0.3 is 0 Å². The Balaban J connectivity index is 1.95. The van der Waals surface area contributed by atoms with Gasteiger partial charge in [-0.15, -0.1) is 0 Å². The molecule has 1 N–H and O–H groups in total. The van der Waals surface area contributed by atoms with Gasteiger partial charge in [-0.1, -0.05) is 52.0 Å². The fraction of sp³-hybridized carbons (Fsp3) is 0.409. The minimum Gasteiger partial charge on any atom is -0.491 e. The number of benzene rings is 2. The van der Waals surface area contributed by atoms with Crippen molar-refractivity contribution in [3.63, 3.8) is 0 Å². The van der Waals surface area contributed by atoms with Crippen LogP contribution in [0.3, 0.4) is 0 Å². The molecule has 3 heteroatoms. The lowest BCUT2D eigenvalue weighted by molar-refractivity contribution is 0.0920. The van der Waals surface area contributed by atoms with Crippen LogP contribution in [0.5, 0.6) is 5.75 Å². The number of rotatable bonds is 6. The van der Waals surface area contributed by atoms with Crippen molar-refractivity contribution >= 4 is 5.91 Å². The predicted octanol–water partition coefficient (Wildman–Crippen LogP) is 4.88.